The molecule has 0 aliphatic heterocycles. The maximum Gasteiger partial charge on any atom is 0.245 e. The van der Waals surface area contributed by atoms with Gasteiger partial charge in [0.05, 0.1) is 11.8 Å². The lowest BCUT2D eigenvalue weighted by Crippen LogP contribution is -2.30. The van der Waals surface area contributed by atoms with Crippen molar-refractivity contribution >= 4 is 21.6 Å². The number of halogens is 1. The van der Waals surface area contributed by atoms with Crippen molar-refractivity contribution in [2.45, 2.75) is 38.2 Å². The van der Waals surface area contributed by atoms with E-state index in [2.05, 4.69) is 9.82 Å². The Morgan fingerprint density at radius 2 is 2.05 bits per heavy atom. The van der Waals surface area contributed by atoms with Crippen LogP contribution in [0.25, 0.3) is 0 Å². The normalized spacial score (nSPS) is 15.5. The van der Waals surface area contributed by atoms with Gasteiger partial charge in [0.2, 0.25) is 10.0 Å². The lowest BCUT2D eigenvalue weighted by Gasteiger charge is -2.14. The molecule has 1 rings (SSSR count). The summed E-state index contributed by atoms with van der Waals surface area (Å²) in [4.78, 5) is 0.0147. The van der Waals surface area contributed by atoms with E-state index in [1.165, 1.54) is 4.68 Å². The van der Waals surface area contributed by atoms with Crippen molar-refractivity contribution in [3.63, 3.8) is 0 Å². The first-order valence-electron chi connectivity index (χ1n) is 6.02. The SMILES string of the molecule is Cc1nn(C)c(Cl)c1S(=O)(=O)NCC(C)CC(C)O. The van der Waals surface area contributed by atoms with Crippen LogP contribution < -0.4 is 4.72 Å². The van der Waals surface area contributed by atoms with Gasteiger partial charge in [-0.25, -0.2) is 13.1 Å². The zero-order valence-electron chi connectivity index (χ0n) is 11.5. The van der Waals surface area contributed by atoms with Gasteiger partial charge in [-0.1, -0.05) is 18.5 Å². The molecule has 0 spiro atoms. The molecule has 19 heavy (non-hydrogen) atoms. The second kappa shape index (κ2) is 6.21. The van der Waals surface area contributed by atoms with Crippen molar-refractivity contribution in [3.8, 4) is 0 Å². The van der Waals surface area contributed by atoms with Crippen molar-refractivity contribution in [3.05, 3.63) is 10.8 Å². The van der Waals surface area contributed by atoms with Crippen LogP contribution in [0.3, 0.4) is 0 Å². The first-order chi connectivity index (χ1) is 8.65. The number of nitrogens with one attached hydrogen (secondary N) is 1. The number of aryl methyl sites for hydroxylation is 2. The summed E-state index contributed by atoms with van der Waals surface area (Å²) in [7, 11) is -2.09. The Bertz CT molecular complexity index is 540. The molecule has 1 aromatic rings. The van der Waals surface area contributed by atoms with Crippen LogP contribution in [0.15, 0.2) is 4.90 Å². The summed E-state index contributed by atoms with van der Waals surface area (Å²) in [5, 5.41) is 13.3. The molecule has 8 heteroatoms. The second-order valence-electron chi connectivity index (χ2n) is 4.87. The first-order valence-corrected chi connectivity index (χ1v) is 7.88. The summed E-state index contributed by atoms with van der Waals surface area (Å²) >= 11 is 5.94. The van der Waals surface area contributed by atoms with Gasteiger partial charge in [-0.05, 0) is 26.2 Å². The highest BCUT2D eigenvalue weighted by molar-refractivity contribution is 7.89. The number of hydrogen-bond donors (Lipinski definition) is 2. The van der Waals surface area contributed by atoms with E-state index in [1.807, 2.05) is 6.92 Å². The summed E-state index contributed by atoms with van der Waals surface area (Å²) in [6, 6.07) is 0. The fraction of sp³-hybridized carbons (Fsp3) is 0.727. The molecule has 110 valence electrons. The molecule has 0 aliphatic rings. The van der Waals surface area contributed by atoms with Crippen LogP contribution in [0.5, 0.6) is 0 Å². The van der Waals surface area contributed by atoms with E-state index in [-0.39, 0.29) is 22.5 Å². The van der Waals surface area contributed by atoms with Gasteiger partial charge in [0.1, 0.15) is 10.0 Å². The molecule has 1 aromatic heterocycles. The minimum Gasteiger partial charge on any atom is -0.393 e. The average molecular weight is 310 g/mol. The summed E-state index contributed by atoms with van der Waals surface area (Å²) in [6.45, 7) is 5.39. The van der Waals surface area contributed by atoms with E-state index in [0.29, 0.717) is 12.1 Å². The van der Waals surface area contributed by atoms with Crippen LogP contribution in [0.4, 0.5) is 0 Å². The molecule has 1 heterocycles. The maximum atomic E-state index is 12.2. The predicted molar refractivity (Wildman–Crippen MR) is 73.6 cm³/mol. The van der Waals surface area contributed by atoms with Crippen LogP contribution in [0.1, 0.15) is 26.0 Å². The van der Waals surface area contributed by atoms with E-state index in [0.717, 1.165) is 0 Å². The molecule has 0 amide bonds. The molecule has 0 aliphatic carbocycles. The minimum atomic E-state index is -3.68. The van der Waals surface area contributed by atoms with Gasteiger partial charge in [0.15, 0.2) is 0 Å². The first kappa shape index (κ1) is 16.4. The molecule has 0 bridgehead atoms. The van der Waals surface area contributed by atoms with Gasteiger partial charge >= 0.3 is 0 Å². The van der Waals surface area contributed by atoms with Gasteiger partial charge in [-0.2, -0.15) is 5.10 Å². The van der Waals surface area contributed by atoms with Crippen LogP contribution in [0.2, 0.25) is 5.15 Å². The van der Waals surface area contributed by atoms with Crippen molar-refractivity contribution in [1.29, 1.82) is 0 Å². The average Bonchev–Trinajstić information content (AvgIpc) is 2.50. The highest BCUT2D eigenvalue weighted by Gasteiger charge is 2.25. The Kier molecular flexibility index (Phi) is 5.37. The summed E-state index contributed by atoms with van der Waals surface area (Å²) in [5.41, 5.74) is 0.364. The molecule has 2 unspecified atom stereocenters. The Morgan fingerprint density at radius 1 is 1.47 bits per heavy atom. The molecule has 2 N–H and O–H groups in total. The third-order valence-corrected chi connectivity index (χ3v) is 4.85. The van der Waals surface area contributed by atoms with E-state index in [9.17, 15) is 13.5 Å². The number of rotatable bonds is 6. The predicted octanol–water partition coefficient (Wildman–Crippen LogP) is 1.07. The molecule has 0 saturated carbocycles. The quantitative estimate of drug-likeness (QED) is 0.823. The fourth-order valence-corrected chi connectivity index (χ4v) is 3.82. The van der Waals surface area contributed by atoms with Gasteiger partial charge in [0, 0.05) is 13.6 Å². The molecule has 0 radical (unpaired) electrons. The lowest BCUT2D eigenvalue weighted by molar-refractivity contribution is 0.165. The third-order valence-electron chi connectivity index (χ3n) is 2.73. The lowest BCUT2D eigenvalue weighted by atomic mass is 10.1. The number of aromatic nitrogens is 2. The van der Waals surface area contributed by atoms with Gasteiger partial charge < -0.3 is 5.11 Å². The second-order valence-corrected chi connectivity index (χ2v) is 6.93. The van der Waals surface area contributed by atoms with Gasteiger partial charge in [-0.15, -0.1) is 0 Å². The topological polar surface area (TPSA) is 84.2 Å². The number of aliphatic hydroxyl groups is 1. The summed E-state index contributed by atoms with van der Waals surface area (Å²) in [5.74, 6) is 0.0329. The van der Waals surface area contributed by atoms with E-state index in [1.54, 1.807) is 20.9 Å². The summed E-state index contributed by atoms with van der Waals surface area (Å²) < 4.78 is 28.2. The number of nitrogens with zero attached hydrogens (tertiary/aromatic N) is 2. The minimum absolute atomic E-state index is 0.0147. The van der Waals surface area contributed by atoms with Gasteiger partial charge in [-0.3, -0.25) is 4.68 Å². The molecule has 6 nitrogen and oxygen atoms in total. The van der Waals surface area contributed by atoms with Crippen molar-refractivity contribution in [2.24, 2.45) is 13.0 Å². The van der Waals surface area contributed by atoms with Crippen LogP contribution >= 0.6 is 11.6 Å². The zero-order chi connectivity index (χ0) is 14.8. The molecule has 0 aromatic carbocycles. The van der Waals surface area contributed by atoms with E-state index >= 15 is 0 Å². The largest absolute Gasteiger partial charge is 0.393 e. The highest BCUT2D eigenvalue weighted by Crippen LogP contribution is 2.23. The smallest absolute Gasteiger partial charge is 0.245 e. The van der Waals surface area contributed by atoms with Crippen molar-refractivity contribution < 1.29 is 13.5 Å². The molecular weight excluding hydrogens is 290 g/mol. The molecular formula is C11H20ClN3O3S. The monoisotopic (exact) mass is 309 g/mol. The fourth-order valence-electron chi connectivity index (χ4n) is 1.91. The Balaban J connectivity index is 2.82. The highest BCUT2D eigenvalue weighted by atomic mass is 35.5. The molecule has 0 fully saturated rings. The third kappa shape index (κ3) is 4.17. The zero-order valence-corrected chi connectivity index (χ0v) is 13.1. The number of aliphatic hydroxyl groups excluding tert-OH is 1. The van der Waals surface area contributed by atoms with E-state index in [4.69, 9.17) is 11.6 Å². The standard InChI is InChI=1S/C11H20ClN3O3S/c1-7(5-8(2)16)6-13-19(17,18)10-9(3)14-15(4)11(10)12/h7-8,13,16H,5-6H2,1-4H3. The number of sulfonamides is 1. The van der Waals surface area contributed by atoms with Crippen LogP contribution in [-0.2, 0) is 17.1 Å². The maximum absolute atomic E-state index is 12.2. The van der Waals surface area contributed by atoms with Crippen molar-refractivity contribution in [1.82, 2.24) is 14.5 Å². The van der Waals surface area contributed by atoms with Crippen molar-refractivity contribution in [2.75, 3.05) is 6.54 Å². The van der Waals surface area contributed by atoms with Crippen LogP contribution in [-0.4, -0.2) is 36.0 Å². The molecule has 0 saturated heterocycles. The van der Waals surface area contributed by atoms with E-state index < -0.39 is 16.1 Å². The summed E-state index contributed by atoms with van der Waals surface area (Å²) in [6.07, 6.45) is 0.0747. The number of hydrogen-bond acceptors (Lipinski definition) is 4. The Hall–Kier alpha value is -0.630. The van der Waals surface area contributed by atoms with Gasteiger partial charge in [0.25, 0.3) is 0 Å². The molecule has 2 atom stereocenters. The Morgan fingerprint density at radius 3 is 2.47 bits per heavy atom. The van der Waals surface area contributed by atoms with Crippen LogP contribution in [0, 0.1) is 12.8 Å². The Labute approximate surface area is 118 Å².